The molecule has 0 aliphatic heterocycles. The number of benzene rings is 1. The Hall–Kier alpha value is -1.26. The maximum absolute atomic E-state index is 9.71. The fourth-order valence-corrected chi connectivity index (χ4v) is 1.77. The van der Waals surface area contributed by atoms with Crippen molar-refractivity contribution in [3.05, 3.63) is 23.8 Å². The largest absolute Gasteiger partial charge is 0.497 e. The summed E-state index contributed by atoms with van der Waals surface area (Å²) in [5.74, 6) is 1.67. The Bertz CT molecular complexity index is 399. The highest BCUT2D eigenvalue weighted by Gasteiger charge is 2.13. The second kappa shape index (κ2) is 8.12. The van der Waals surface area contributed by atoms with Crippen LogP contribution in [-0.2, 0) is 6.54 Å². The smallest absolute Gasteiger partial charge is 0.124 e. The van der Waals surface area contributed by atoms with Gasteiger partial charge in [-0.3, -0.25) is 0 Å². The summed E-state index contributed by atoms with van der Waals surface area (Å²) >= 11 is 0. The zero-order chi connectivity index (χ0) is 15.0. The fourth-order valence-electron chi connectivity index (χ4n) is 1.77. The van der Waals surface area contributed by atoms with Crippen LogP contribution in [0.4, 0.5) is 0 Å². The second-order valence-electron chi connectivity index (χ2n) is 5.56. The van der Waals surface area contributed by atoms with Crippen LogP contribution in [0.3, 0.4) is 0 Å². The van der Waals surface area contributed by atoms with Gasteiger partial charge < -0.3 is 19.9 Å². The first-order valence-corrected chi connectivity index (χ1v) is 7.19. The van der Waals surface area contributed by atoms with Gasteiger partial charge in [0.1, 0.15) is 11.5 Å². The first-order chi connectivity index (χ1) is 9.46. The van der Waals surface area contributed by atoms with Gasteiger partial charge in [0.05, 0.1) is 19.3 Å². The summed E-state index contributed by atoms with van der Waals surface area (Å²) in [7, 11) is 1.66. The lowest BCUT2D eigenvalue weighted by atomic mass is 10.1. The van der Waals surface area contributed by atoms with Crippen LogP contribution in [0.15, 0.2) is 18.2 Å². The van der Waals surface area contributed by atoms with Gasteiger partial charge in [0.25, 0.3) is 0 Å². The number of hydrogen-bond acceptors (Lipinski definition) is 4. The van der Waals surface area contributed by atoms with E-state index in [1.165, 1.54) is 0 Å². The summed E-state index contributed by atoms with van der Waals surface area (Å²) in [4.78, 5) is 0. The Labute approximate surface area is 122 Å². The van der Waals surface area contributed by atoms with Crippen LogP contribution in [0.25, 0.3) is 0 Å². The molecule has 0 amide bonds. The van der Waals surface area contributed by atoms with Crippen LogP contribution in [0, 0.1) is 0 Å². The molecule has 0 unspecified atom stereocenters. The molecule has 0 aliphatic rings. The molecule has 1 aromatic carbocycles. The van der Waals surface area contributed by atoms with Crippen molar-refractivity contribution in [2.45, 2.75) is 45.8 Å². The van der Waals surface area contributed by atoms with Gasteiger partial charge in [-0.2, -0.15) is 0 Å². The fraction of sp³-hybridized carbons (Fsp3) is 0.625. The highest BCUT2D eigenvalue weighted by Crippen LogP contribution is 2.24. The van der Waals surface area contributed by atoms with Crippen molar-refractivity contribution in [2.75, 3.05) is 20.3 Å². The van der Waals surface area contributed by atoms with Crippen molar-refractivity contribution < 1.29 is 14.6 Å². The molecule has 20 heavy (non-hydrogen) atoms. The molecule has 1 rings (SSSR count). The summed E-state index contributed by atoms with van der Waals surface area (Å²) < 4.78 is 11.0. The van der Waals surface area contributed by atoms with Crippen molar-refractivity contribution in [3.8, 4) is 11.5 Å². The number of ether oxygens (including phenoxy) is 2. The van der Waals surface area contributed by atoms with Gasteiger partial charge in [0.2, 0.25) is 0 Å². The molecule has 0 heterocycles. The van der Waals surface area contributed by atoms with Gasteiger partial charge >= 0.3 is 0 Å². The molecule has 0 saturated carbocycles. The Morgan fingerprint density at radius 1 is 1.30 bits per heavy atom. The number of hydrogen-bond donors (Lipinski definition) is 2. The van der Waals surface area contributed by atoms with Gasteiger partial charge in [-0.1, -0.05) is 6.92 Å². The van der Waals surface area contributed by atoms with E-state index in [1.54, 1.807) is 21.0 Å². The standard InChI is InChI=1S/C16H27NO3/c1-5-9-17-12-13-11-14(19-4)6-7-15(13)20-10-8-16(2,3)18/h6-7,11,17-18H,5,8-10,12H2,1-4H3. The van der Waals surface area contributed by atoms with Crippen molar-refractivity contribution >= 4 is 0 Å². The van der Waals surface area contributed by atoms with Crippen LogP contribution in [0.5, 0.6) is 11.5 Å². The summed E-state index contributed by atoms with van der Waals surface area (Å²) in [6, 6.07) is 5.80. The quantitative estimate of drug-likeness (QED) is 0.683. The van der Waals surface area contributed by atoms with E-state index in [0.717, 1.165) is 36.6 Å². The van der Waals surface area contributed by atoms with Crippen LogP contribution >= 0.6 is 0 Å². The monoisotopic (exact) mass is 281 g/mol. The second-order valence-corrected chi connectivity index (χ2v) is 5.56. The topological polar surface area (TPSA) is 50.7 Å². The Kier molecular flexibility index (Phi) is 6.82. The van der Waals surface area contributed by atoms with Gasteiger partial charge in [-0.15, -0.1) is 0 Å². The summed E-state index contributed by atoms with van der Waals surface area (Å²) in [5.41, 5.74) is 0.376. The maximum Gasteiger partial charge on any atom is 0.124 e. The Balaban J connectivity index is 2.67. The predicted octanol–water partition coefficient (Wildman–Crippen LogP) is 2.73. The lowest BCUT2D eigenvalue weighted by molar-refractivity contribution is 0.0552. The first kappa shape index (κ1) is 16.8. The zero-order valence-electron chi connectivity index (χ0n) is 13.0. The predicted molar refractivity (Wildman–Crippen MR) is 81.4 cm³/mol. The van der Waals surface area contributed by atoms with Crippen molar-refractivity contribution in [2.24, 2.45) is 0 Å². The van der Waals surface area contributed by atoms with Crippen LogP contribution in [0.2, 0.25) is 0 Å². The average Bonchev–Trinajstić information content (AvgIpc) is 2.39. The third kappa shape index (κ3) is 6.26. The Morgan fingerprint density at radius 3 is 2.65 bits per heavy atom. The van der Waals surface area contributed by atoms with Gasteiger partial charge in [0, 0.05) is 18.5 Å². The molecule has 0 aromatic heterocycles. The number of rotatable bonds is 9. The molecule has 0 fully saturated rings. The minimum absolute atomic E-state index is 0.497. The number of methoxy groups -OCH3 is 1. The van der Waals surface area contributed by atoms with Gasteiger partial charge in [-0.05, 0) is 45.0 Å². The lowest BCUT2D eigenvalue weighted by Crippen LogP contribution is -2.22. The molecule has 2 N–H and O–H groups in total. The summed E-state index contributed by atoms with van der Waals surface area (Å²) in [5, 5.41) is 13.1. The van der Waals surface area contributed by atoms with E-state index < -0.39 is 5.60 Å². The maximum atomic E-state index is 9.71. The normalized spacial score (nSPS) is 11.4. The molecular formula is C16H27NO3. The zero-order valence-corrected chi connectivity index (χ0v) is 13.0. The van der Waals surface area contributed by atoms with Crippen LogP contribution in [0.1, 0.15) is 39.2 Å². The molecule has 114 valence electrons. The van der Waals surface area contributed by atoms with E-state index >= 15 is 0 Å². The van der Waals surface area contributed by atoms with E-state index in [0.29, 0.717) is 13.0 Å². The van der Waals surface area contributed by atoms with Crippen LogP contribution < -0.4 is 14.8 Å². The first-order valence-electron chi connectivity index (χ1n) is 7.19. The summed E-state index contributed by atoms with van der Waals surface area (Å²) in [6.45, 7) is 7.93. The number of nitrogens with one attached hydrogen (secondary N) is 1. The molecule has 0 aliphatic carbocycles. The minimum atomic E-state index is -0.701. The molecule has 0 radical (unpaired) electrons. The van der Waals surface area contributed by atoms with E-state index in [1.807, 2.05) is 18.2 Å². The molecule has 4 heteroatoms. The Morgan fingerprint density at radius 2 is 2.05 bits per heavy atom. The SMILES string of the molecule is CCCNCc1cc(OC)ccc1OCCC(C)(C)O. The molecule has 0 bridgehead atoms. The third-order valence-electron chi connectivity index (χ3n) is 2.98. The molecule has 0 spiro atoms. The molecule has 4 nitrogen and oxygen atoms in total. The third-order valence-corrected chi connectivity index (χ3v) is 2.98. The number of aliphatic hydroxyl groups is 1. The van der Waals surface area contributed by atoms with Gasteiger partial charge in [-0.25, -0.2) is 0 Å². The lowest BCUT2D eigenvalue weighted by Gasteiger charge is -2.18. The molecular weight excluding hydrogens is 254 g/mol. The molecule has 0 saturated heterocycles. The molecule has 1 aromatic rings. The summed E-state index contributed by atoms with van der Waals surface area (Å²) in [6.07, 6.45) is 1.69. The highest BCUT2D eigenvalue weighted by molar-refractivity contribution is 5.40. The highest BCUT2D eigenvalue weighted by atomic mass is 16.5. The van der Waals surface area contributed by atoms with E-state index in [9.17, 15) is 5.11 Å². The van der Waals surface area contributed by atoms with Crippen molar-refractivity contribution in [1.29, 1.82) is 0 Å². The van der Waals surface area contributed by atoms with Gasteiger partial charge in [0.15, 0.2) is 0 Å². The van der Waals surface area contributed by atoms with E-state index in [4.69, 9.17) is 9.47 Å². The van der Waals surface area contributed by atoms with Crippen LogP contribution in [-0.4, -0.2) is 31.0 Å². The van der Waals surface area contributed by atoms with E-state index in [-0.39, 0.29) is 0 Å². The minimum Gasteiger partial charge on any atom is -0.497 e. The molecule has 0 atom stereocenters. The van der Waals surface area contributed by atoms with E-state index in [2.05, 4.69) is 12.2 Å². The van der Waals surface area contributed by atoms with Crippen molar-refractivity contribution in [3.63, 3.8) is 0 Å². The average molecular weight is 281 g/mol. The van der Waals surface area contributed by atoms with Crippen molar-refractivity contribution in [1.82, 2.24) is 5.32 Å².